The van der Waals surface area contributed by atoms with E-state index in [2.05, 4.69) is 10.6 Å². The number of carbonyl (C=O) groups excluding carboxylic acids is 3. The number of carbonyl (C=O) groups is 4. The second-order valence-corrected chi connectivity index (χ2v) is 10.4. The molecule has 1 aliphatic heterocycles. The molecule has 0 radical (unpaired) electrons. The van der Waals surface area contributed by atoms with E-state index in [1.807, 2.05) is 78.9 Å². The van der Waals surface area contributed by atoms with Gasteiger partial charge < -0.3 is 30.1 Å². The van der Waals surface area contributed by atoms with E-state index in [-0.39, 0.29) is 32.2 Å². The van der Waals surface area contributed by atoms with Crippen molar-refractivity contribution in [1.29, 1.82) is 0 Å². The molecule has 10 nitrogen and oxygen atoms in total. The number of piperazine rings is 1. The molecule has 1 saturated heterocycles. The molecule has 1 unspecified atom stereocenters. The van der Waals surface area contributed by atoms with Gasteiger partial charge in [-0.1, -0.05) is 78.9 Å². The number of benzene rings is 3. The van der Waals surface area contributed by atoms with Crippen LogP contribution in [-0.4, -0.2) is 71.8 Å². The Morgan fingerprint density at radius 2 is 1.60 bits per heavy atom. The Balaban J connectivity index is 1.32. The SMILES string of the molecule is C[C@H](OCc1ccccc1)[C@@H](NC(=O)OCC1c2ccccc2-c2ccccc21)C(=O)N1CCNC(=O)C1CC(=O)O. The molecule has 0 aromatic heterocycles. The Kier molecular flexibility index (Phi) is 8.83. The molecule has 10 heteroatoms. The van der Waals surface area contributed by atoms with E-state index in [4.69, 9.17) is 9.47 Å². The van der Waals surface area contributed by atoms with Crippen molar-refractivity contribution >= 4 is 23.9 Å². The zero-order valence-electron chi connectivity index (χ0n) is 23.2. The van der Waals surface area contributed by atoms with Crippen molar-refractivity contribution in [2.24, 2.45) is 0 Å². The van der Waals surface area contributed by atoms with E-state index in [0.29, 0.717) is 0 Å². The lowest BCUT2D eigenvalue weighted by atomic mass is 9.98. The van der Waals surface area contributed by atoms with E-state index in [1.165, 1.54) is 4.90 Å². The minimum atomic E-state index is -1.23. The Morgan fingerprint density at radius 1 is 0.976 bits per heavy atom. The number of hydrogen-bond donors (Lipinski definition) is 3. The van der Waals surface area contributed by atoms with Crippen LogP contribution in [0.1, 0.15) is 36.0 Å². The summed E-state index contributed by atoms with van der Waals surface area (Å²) >= 11 is 0. The Hall–Kier alpha value is -4.70. The van der Waals surface area contributed by atoms with Gasteiger partial charge in [0.05, 0.1) is 19.1 Å². The third kappa shape index (κ3) is 6.28. The van der Waals surface area contributed by atoms with Gasteiger partial charge in [-0.3, -0.25) is 14.4 Å². The second kappa shape index (κ2) is 12.9. The highest BCUT2D eigenvalue weighted by atomic mass is 16.5. The zero-order valence-corrected chi connectivity index (χ0v) is 23.2. The third-order valence-electron chi connectivity index (χ3n) is 7.69. The maximum absolute atomic E-state index is 13.8. The molecular formula is C32H33N3O7. The van der Waals surface area contributed by atoms with Gasteiger partial charge in [-0.2, -0.15) is 0 Å². The number of nitrogens with zero attached hydrogens (tertiary/aromatic N) is 1. The highest BCUT2D eigenvalue weighted by Crippen LogP contribution is 2.44. The minimum absolute atomic E-state index is 0.0494. The molecule has 1 heterocycles. The topological polar surface area (TPSA) is 134 Å². The van der Waals surface area contributed by atoms with Crippen LogP contribution in [0.4, 0.5) is 4.79 Å². The molecule has 1 fully saturated rings. The Morgan fingerprint density at radius 3 is 2.24 bits per heavy atom. The lowest BCUT2D eigenvalue weighted by Crippen LogP contribution is -2.63. The van der Waals surface area contributed by atoms with Crippen molar-refractivity contribution in [1.82, 2.24) is 15.5 Å². The number of carboxylic acids is 1. The molecule has 0 saturated carbocycles. The van der Waals surface area contributed by atoms with Gasteiger partial charge >= 0.3 is 12.1 Å². The van der Waals surface area contributed by atoms with Crippen LogP contribution in [0, 0.1) is 0 Å². The normalized spacial score (nSPS) is 17.4. The van der Waals surface area contributed by atoms with Crippen molar-refractivity contribution in [2.45, 2.75) is 44.1 Å². The van der Waals surface area contributed by atoms with Gasteiger partial charge in [0.2, 0.25) is 11.8 Å². The second-order valence-electron chi connectivity index (χ2n) is 10.4. The molecule has 0 spiro atoms. The first-order valence-electron chi connectivity index (χ1n) is 13.9. The molecule has 3 aromatic rings. The number of amides is 3. The average Bonchev–Trinajstić information content (AvgIpc) is 3.32. The van der Waals surface area contributed by atoms with Crippen LogP contribution in [0.2, 0.25) is 0 Å². The molecular weight excluding hydrogens is 538 g/mol. The molecule has 3 N–H and O–H groups in total. The predicted octanol–water partition coefficient (Wildman–Crippen LogP) is 3.30. The van der Waals surface area contributed by atoms with E-state index < -0.39 is 48.5 Å². The smallest absolute Gasteiger partial charge is 0.407 e. The van der Waals surface area contributed by atoms with Crippen LogP contribution in [-0.2, 0) is 30.5 Å². The Bertz CT molecular complexity index is 1420. The van der Waals surface area contributed by atoms with Crippen molar-refractivity contribution in [3.8, 4) is 11.1 Å². The molecule has 1 aliphatic carbocycles. The maximum atomic E-state index is 13.8. The van der Waals surface area contributed by atoms with Crippen LogP contribution >= 0.6 is 0 Å². The zero-order chi connectivity index (χ0) is 29.6. The van der Waals surface area contributed by atoms with Crippen LogP contribution in [0.3, 0.4) is 0 Å². The van der Waals surface area contributed by atoms with Gasteiger partial charge in [0.1, 0.15) is 18.7 Å². The van der Waals surface area contributed by atoms with Crippen LogP contribution in [0.25, 0.3) is 11.1 Å². The summed E-state index contributed by atoms with van der Waals surface area (Å²) in [6, 6.07) is 22.8. The van der Waals surface area contributed by atoms with Crippen LogP contribution in [0.15, 0.2) is 78.9 Å². The van der Waals surface area contributed by atoms with E-state index >= 15 is 0 Å². The summed E-state index contributed by atoms with van der Waals surface area (Å²) in [5.74, 6) is -2.57. The summed E-state index contributed by atoms with van der Waals surface area (Å²) in [5.41, 5.74) is 5.15. The number of ether oxygens (including phenoxy) is 2. The summed E-state index contributed by atoms with van der Waals surface area (Å²) in [6.07, 6.45) is -2.20. The largest absolute Gasteiger partial charge is 0.481 e. The lowest BCUT2D eigenvalue weighted by Gasteiger charge is -2.37. The molecule has 3 atom stereocenters. The minimum Gasteiger partial charge on any atom is -0.481 e. The predicted molar refractivity (Wildman–Crippen MR) is 153 cm³/mol. The number of hydrogen-bond acceptors (Lipinski definition) is 6. The molecule has 3 amide bonds. The number of aliphatic carboxylic acids is 1. The van der Waals surface area contributed by atoms with Crippen molar-refractivity contribution in [3.05, 3.63) is 95.6 Å². The number of alkyl carbamates (subject to hydrolysis) is 1. The lowest BCUT2D eigenvalue weighted by molar-refractivity contribution is -0.151. The first-order chi connectivity index (χ1) is 20.3. The fourth-order valence-corrected chi connectivity index (χ4v) is 5.57. The fourth-order valence-electron chi connectivity index (χ4n) is 5.57. The fraction of sp³-hybridized carbons (Fsp3) is 0.312. The van der Waals surface area contributed by atoms with Crippen LogP contribution in [0.5, 0.6) is 0 Å². The summed E-state index contributed by atoms with van der Waals surface area (Å²) in [6.45, 7) is 2.13. The standard InChI is InChI=1S/C32H33N3O7/c1-20(41-18-21-9-3-2-4-10-21)29(31(39)35-16-15-33-30(38)27(35)17-28(36)37)34-32(40)42-19-26-24-13-7-5-11-22(24)23-12-6-8-14-25(23)26/h2-14,20,26-27,29H,15-19H2,1H3,(H,33,38)(H,34,40)(H,36,37)/t20-,27?,29+/m0/s1. The van der Waals surface area contributed by atoms with Gasteiger partial charge in [-0.05, 0) is 34.7 Å². The van der Waals surface area contributed by atoms with Crippen LogP contribution < -0.4 is 10.6 Å². The van der Waals surface area contributed by atoms with Gasteiger partial charge in [0, 0.05) is 19.0 Å². The summed E-state index contributed by atoms with van der Waals surface area (Å²) < 4.78 is 11.7. The summed E-state index contributed by atoms with van der Waals surface area (Å²) in [4.78, 5) is 52.2. The van der Waals surface area contributed by atoms with E-state index in [1.54, 1.807) is 6.92 Å². The van der Waals surface area contributed by atoms with Gasteiger partial charge in [-0.25, -0.2) is 4.79 Å². The first kappa shape index (κ1) is 28.8. The highest BCUT2D eigenvalue weighted by molar-refractivity contribution is 5.94. The maximum Gasteiger partial charge on any atom is 0.407 e. The first-order valence-corrected chi connectivity index (χ1v) is 13.9. The summed E-state index contributed by atoms with van der Waals surface area (Å²) in [7, 11) is 0. The number of fused-ring (bicyclic) bond motifs is 3. The molecule has 3 aromatic carbocycles. The third-order valence-corrected chi connectivity index (χ3v) is 7.69. The average molecular weight is 572 g/mol. The quantitative estimate of drug-likeness (QED) is 0.340. The molecule has 5 rings (SSSR count). The monoisotopic (exact) mass is 571 g/mol. The Labute approximate surface area is 243 Å². The van der Waals surface area contributed by atoms with Gasteiger partial charge in [0.15, 0.2) is 0 Å². The summed E-state index contributed by atoms with van der Waals surface area (Å²) in [5, 5.41) is 14.6. The van der Waals surface area contributed by atoms with Gasteiger partial charge in [0.25, 0.3) is 0 Å². The number of carboxylic acid groups (broad SMARTS) is 1. The van der Waals surface area contributed by atoms with Crippen molar-refractivity contribution < 1.29 is 33.8 Å². The van der Waals surface area contributed by atoms with E-state index in [9.17, 15) is 24.3 Å². The number of rotatable bonds is 10. The molecule has 42 heavy (non-hydrogen) atoms. The van der Waals surface area contributed by atoms with E-state index in [0.717, 1.165) is 27.8 Å². The molecule has 2 aliphatic rings. The van der Waals surface area contributed by atoms with Crippen molar-refractivity contribution in [3.63, 3.8) is 0 Å². The number of nitrogens with one attached hydrogen (secondary N) is 2. The van der Waals surface area contributed by atoms with Crippen molar-refractivity contribution in [2.75, 3.05) is 19.7 Å². The molecule has 0 bridgehead atoms. The highest BCUT2D eigenvalue weighted by Gasteiger charge is 2.40. The molecule has 218 valence electrons. The van der Waals surface area contributed by atoms with Gasteiger partial charge in [-0.15, -0.1) is 0 Å².